The molecule has 0 bridgehead atoms. The number of oxazole rings is 1. The van der Waals surface area contributed by atoms with Gasteiger partial charge in [-0.3, -0.25) is 4.79 Å². The number of aliphatic carboxylic acids is 1. The van der Waals surface area contributed by atoms with E-state index in [0.29, 0.717) is 5.89 Å². The van der Waals surface area contributed by atoms with Gasteiger partial charge in [0.15, 0.2) is 0 Å². The third-order valence-corrected chi connectivity index (χ3v) is 4.23. The zero-order valence-electron chi connectivity index (χ0n) is 11.2. The predicted octanol–water partition coefficient (Wildman–Crippen LogP) is 3.63. The maximum Gasteiger partial charge on any atom is 0.314 e. The van der Waals surface area contributed by atoms with Crippen LogP contribution in [0.1, 0.15) is 37.7 Å². The van der Waals surface area contributed by atoms with Crippen LogP contribution < -0.4 is 0 Å². The lowest BCUT2D eigenvalue weighted by molar-refractivity contribution is -0.145. The topological polar surface area (TPSA) is 63.3 Å². The van der Waals surface area contributed by atoms with Gasteiger partial charge in [0.25, 0.3) is 0 Å². The molecule has 0 atom stereocenters. The molecule has 0 spiro atoms. The van der Waals surface area contributed by atoms with Gasteiger partial charge in [0, 0.05) is 5.56 Å². The standard InChI is InChI=1S/C16H17NO3/c18-15(19)16(8-2-1-3-9-16)13-6-4-12(5-7-13)14-17-10-11-20-14/h4-7,10-11H,1-3,8-9H2,(H,18,19). The molecular formula is C16H17NO3. The van der Waals surface area contributed by atoms with E-state index in [1.807, 2.05) is 24.3 Å². The zero-order valence-corrected chi connectivity index (χ0v) is 11.2. The molecule has 4 heteroatoms. The van der Waals surface area contributed by atoms with Crippen molar-refractivity contribution in [2.75, 3.05) is 0 Å². The summed E-state index contributed by atoms with van der Waals surface area (Å²) in [7, 11) is 0. The van der Waals surface area contributed by atoms with Gasteiger partial charge in [-0.05, 0) is 30.5 Å². The van der Waals surface area contributed by atoms with Crippen LogP contribution in [0.25, 0.3) is 11.5 Å². The van der Waals surface area contributed by atoms with Gasteiger partial charge in [0.1, 0.15) is 6.26 Å². The average molecular weight is 271 g/mol. The van der Waals surface area contributed by atoms with Crippen LogP contribution in [0, 0.1) is 0 Å². The van der Waals surface area contributed by atoms with E-state index in [1.54, 1.807) is 6.20 Å². The van der Waals surface area contributed by atoms with Crippen LogP contribution in [0.15, 0.2) is 41.1 Å². The Morgan fingerprint density at radius 2 is 1.85 bits per heavy atom. The summed E-state index contributed by atoms with van der Waals surface area (Å²) in [6.07, 6.45) is 7.67. The van der Waals surface area contributed by atoms with Gasteiger partial charge in [0.2, 0.25) is 5.89 Å². The Morgan fingerprint density at radius 3 is 2.40 bits per heavy atom. The molecule has 0 amide bonds. The Hall–Kier alpha value is -2.10. The van der Waals surface area contributed by atoms with Crippen LogP contribution in [0.3, 0.4) is 0 Å². The number of carboxylic acids is 1. The van der Waals surface area contributed by atoms with Crippen LogP contribution in [-0.2, 0) is 10.2 Å². The molecule has 1 saturated carbocycles. The molecule has 1 N–H and O–H groups in total. The summed E-state index contributed by atoms with van der Waals surface area (Å²) in [4.78, 5) is 15.9. The molecule has 0 aliphatic heterocycles. The molecule has 1 heterocycles. The van der Waals surface area contributed by atoms with Crippen molar-refractivity contribution in [3.05, 3.63) is 42.3 Å². The Labute approximate surface area is 117 Å². The number of benzene rings is 1. The second kappa shape index (κ2) is 5.12. The molecule has 0 unspecified atom stereocenters. The first-order chi connectivity index (χ1) is 9.72. The van der Waals surface area contributed by atoms with E-state index in [1.165, 1.54) is 6.26 Å². The number of hydrogen-bond acceptors (Lipinski definition) is 3. The molecule has 4 nitrogen and oxygen atoms in total. The quantitative estimate of drug-likeness (QED) is 0.925. The second-order valence-electron chi connectivity index (χ2n) is 5.36. The van der Waals surface area contributed by atoms with Gasteiger partial charge in [-0.1, -0.05) is 31.4 Å². The molecule has 1 aliphatic rings. The van der Waals surface area contributed by atoms with Gasteiger partial charge >= 0.3 is 5.97 Å². The SMILES string of the molecule is O=C(O)C1(c2ccc(-c3ncco3)cc2)CCCCC1. The largest absolute Gasteiger partial charge is 0.481 e. The smallest absolute Gasteiger partial charge is 0.314 e. The first-order valence-corrected chi connectivity index (χ1v) is 6.96. The summed E-state index contributed by atoms with van der Waals surface area (Å²) in [6.45, 7) is 0. The second-order valence-corrected chi connectivity index (χ2v) is 5.36. The Morgan fingerprint density at radius 1 is 1.15 bits per heavy atom. The number of nitrogens with zero attached hydrogens (tertiary/aromatic N) is 1. The number of hydrogen-bond donors (Lipinski definition) is 1. The summed E-state index contributed by atoms with van der Waals surface area (Å²) in [6, 6.07) is 7.58. The highest BCUT2D eigenvalue weighted by Crippen LogP contribution is 2.40. The van der Waals surface area contributed by atoms with Crippen LogP contribution in [0.4, 0.5) is 0 Å². The number of carbonyl (C=O) groups is 1. The molecule has 104 valence electrons. The first-order valence-electron chi connectivity index (χ1n) is 6.96. The van der Waals surface area contributed by atoms with Gasteiger partial charge in [-0.15, -0.1) is 0 Å². The van der Waals surface area contributed by atoms with Crippen molar-refractivity contribution in [3.8, 4) is 11.5 Å². The number of rotatable bonds is 3. The minimum absolute atomic E-state index is 0.560. The molecule has 1 fully saturated rings. The van der Waals surface area contributed by atoms with Gasteiger partial charge in [-0.2, -0.15) is 0 Å². The fraction of sp³-hybridized carbons (Fsp3) is 0.375. The van der Waals surface area contributed by atoms with Crippen LogP contribution >= 0.6 is 0 Å². The van der Waals surface area contributed by atoms with E-state index in [4.69, 9.17) is 4.42 Å². The van der Waals surface area contributed by atoms with Crippen molar-refractivity contribution in [2.45, 2.75) is 37.5 Å². The van der Waals surface area contributed by atoms with Gasteiger partial charge in [-0.25, -0.2) is 4.98 Å². The van der Waals surface area contributed by atoms with E-state index >= 15 is 0 Å². The summed E-state index contributed by atoms with van der Waals surface area (Å²) < 4.78 is 5.25. The molecule has 1 aromatic carbocycles. The molecule has 0 radical (unpaired) electrons. The highest BCUT2D eigenvalue weighted by Gasteiger charge is 2.41. The van der Waals surface area contributed by atoms with Crippen molar-refractivity contribution in [1.82, 2.24) is 4.98 Å². The minimum Gasteiger partial charge on any atom is -0.481 e. The summed E-state index contributed by atoms with van der Waals surface area (Å²) in [5.74, 6) is -0.148. The van der Waals surface area contributed by atoms with Crippen LogP contribution in [-0.4, -0.2) is 16.1 Å². The minimum atomic E-state index is -0.715. The normalized spacial score (nSPS) is 17.8. The zero-order chi connectivity index (χ0) is 14.0. The van der Waals surface area contributed by atoms with Crippen molar-refractivity contribution < 1.29 is 14.3 Å². The maximum absolute atomic E-state index is 11.8. The van der Waals surface area contributed by atoms with E-state index in [-0.39, 0.29) is 0 Å². The van der Waals surface area contributed by atoms with Gasteiger partial charge < -0.3 is 9.52 Å². The monoisotopic (exact) mass is 271 g/mol. The summed E-state index contributed by atoms with van der Waals surface area (Å²) in [5.41, 5.74) is 1.04. The third-order valence-electron chi connectivity index (χ3n) is 4.23. The number of carboxylic acid groups (broad SMARTS) is 1. The summed E-state index contributed by atoms with van der Waals surface area (Å²) >= 11 is 0. The lowest BCUT2D eigenvalue weighted by Crippen LogP contribution is -2.37. The molecule has 1 aliphatic carbocycles. The molecule has 2 aromatic rings. The maximum atomic E-state index is 11.8. The Kier molecular flexibility index (Phi) is 3.30. The number of aromatic nitrogens is 1. The van der Waals surface area contributed by atoms with Crippen molar-refractivity contribution in [1.29, 1.82) is 0 Å². The fourth-order valence-corrected chi connectivity index (χ4v) is 3.08. The van der Waals surface area contributed by atoms with Crippen molar-refractivity contribution >= 4 is 5.97 Å². The highest BCUT2D eigenvalue weighted by molar-refractivity contribution is 5.81. The molecule has 20 heavy (non-hydrogen) atoms. The van der Waals surface area contributed by atoms with Gasteiger partial charge in [0.05, 0.1) is 11.6 Å². The van der Waals surface area contributed by atoms with Crippen LogP contribution in [0.2, 0.25) is 0 Å². The summed E-state index contributed by atoms with van der Waals surface area (Å²) in [5, 5.41) is 9.66. The van der Waals surface area contributed by atoms with E-state index in [0.717, 1.165) is 43.2 Å². The predicted molar refractivity (Wildman–Crippen MR) is 74.3 cm³/mol. The Bertz CT molecular complexity index is 581. The molecule has 3 rings (SSSR count). The lowest BCUT2D eigenvalue weighted by atomic mass is 9.69. The average Bonchev–Trinajstić information content (AvgIpc) is 3.02. The fourth-order valence-electron chi connectivity index (χ4n) is 3.08. The third kappa shape index (κ3) is 2.11. The lowest BCUT2D eigenvalue weighted by Gasteiger charge is -2.33. The highest BCUT2D eigenvalue weighted by atomic mass is 16.4. The van der Waals surface area contributed by atoms with Crippen molar-refractivity contribution in [2.24, 2.45) is 0 Å². The first kappa shape index (κ1) is 12.9. The van der Waals surface area contributed by atoms with E-state index in [9.17, 15) is 9.90 Å². The van der Waals surface area contributed by atoms with E-state index in [2.05, 4.69) is 4.98 Å². The van der Waals surface area contributed by atoms with Crippen LogP contribution in [0.5, 0.6) is 0 Å². The molecule has 1 aromatic heterocycles. The van der Waals surface area contributed by atoms with E-state index < -0.39 is 11.4 Å². The molecule has 0 saturated heterocycles. The van der Waals surface area contributed by atoms with Crippen molar-refractivity contribution in [3.63, 3.8) is 0 Å². The Balaban J connectivity index is 1.94. The molecular weight excluding hydrogens is 254 g/mol.